The molecule has 0 bridgehead atoms. The Morgan fingerprint density at radius 3 is 1.68 bits per heavy atom. The summed E-state index contributed by atoms with van der Waals surface area (Å²) in [5.41, 5.74) is 6.73. The molecule has 53 heavy (non-hydrogen) atoms. The minimum atomic E-state index is 0.600. The van der Waals surface area contributed by atoms with E-state index in [-0.39, 0.29) is 0 Å². The van der Waals surface area contributed by atoms with Gasteiger partial charge in [-0.15, -0.1) is 0 Å². The van der Waals surface area contributed by atoms with Crippen molar-refractivity contribution in [2.24, 2.45) is 0 Å². The van der Waals surface area contributed by atoms with Crippen LogP contribution in [0, 0.1) is 0 Å². The summed E-state index contributed by atoms with van der Waals surface area (Å²) in [6.45, 7) is 0. The normalized spacial score (nSPS) is 11.8. The second kappa shape index (κ2) is 11.7. The van der Waals surface area contributed by atoms with Crippen LogP contribution in [0.25, 0.3) is 110 Å². The molecule has 11 aromatic rings. The zero-order valence-electron chi connectivity index (χ0n) is 28.5. The summed E-state index contributed by atoms with van der Waals surface area (Å²) < 4.78 is 6.58. The van der Waals surface area contributed by atoms with E-state index in [9.17, 15) is 0 Å². The van der Waals surface area contributed by atoms with E-state index in [4.69, 9.17) is 19.4 Å². The topological polar surface area (TPSA) is 51.8 Å². The van der Waals surface area contributed by atoms with Crippen molar-refractivity contribution < 1.29 is 4.42 Å². The molecule has 0 spiro atoms. The minimum Gasteiger partial charge on any atom is -0.456 e. The van der Waals surface area contributed by atoms with E-state index < -0.39 is 0 Å². The van der Waals surface area contributed by atoms with Gasteiger partial charge in [0.05, 0.1) is 0 Å². The maximum absolute atomic E-state index is 6.58. The van der Waals surface area contributed by atoms with E-state index in [2.05, 4.69) is 140 Å². The molecule has 0 saturated heterocycles. The Morgan fingerprint density at radius 1 is 0.302 bits per heavy atom. The molecule has 0 N–H and O–H groups in total. The van der Waals surface area contributed by atoms with Gasteiger partial charge in [0.25, 0.3) is 0 Å². The maximum atomic E-state index is 6.58. The molecular formula is C49H29N3O. The minimum absolute atomic E-state index is 0.600. The van der Waals surface area contributed by atoms with Crippen molar-refractivity contribution in [2.45, 2.75) is 0 Å². The van der Waals surface area contributed by atoms with Gasteiger partial charge in [0.2, 0.25) is 0 Å². The lowest BCUT2D eigenvalue weighted by molar-refractivity contribution is 0.669. The first-order valence-electron chi connectivity index (χ1n) is 17.9. The average Bonchev–Trinajstić information content (AvgIpc) is 3.61. The fourth-order valence-corrected chi connectivity index (χ4v) is 7.95. The van der Waals surface area contributed by atoms with Gasteiger partial charge in [-0.1, -0.05) is 152 Å². The Balaban J connectivity index is 1.12. The molecule has 0 aliphatic heterocycles. The first kappa shape index (κ1) is 29.5. The smallest absolute Gasteiger partial charge is 0.164 e. The van der Waals surface area contributed by atoms with Gasteiger partial charge in [0.1, 0.15) is 11.2 Å². The molecule has 0 aliphatic carbocycles. The van der Waals surface area contributed by atoms with Crippen molar-refractivity contribution in [3.8, 4) is 45.3 Å². The number of fused-ring (bicyclic) bond motifs is 10. The predicted molar refractivity (Wildman–Crippen MR) is 219 cm³/mol. The van der Waals surface area contributed by atoms with Crippen LogP contribution in [0.4, 0.5) is 0 Å². The number of rotatable bonds is 4. The summed E-state index contributed by atoms with van der Waals surface area (Å²) in [7, 11) is 0. The van der Waals surface area contributed by atoms with Gasteiger partial charge in [-0.3, -0.25) is 0 Å². The second-order valence-electron chi connectivity index (χ2n) is 13.6. The number of hydrogen-bond acceptors (Lipinski definition) is 4. The van der Waals surface area contributed by atoms with Crippen molar-refractivity contribution >= 4 is 65.0 Å². The van der Waals surface area contributed by atoms with Crippen LogP contribution in [0.1, 0.15) is 0 Å². The molecule has 0 radical (unpaired) electrons. The number of aromatic nitrogens is 3. The highest BCUT2D eigenvalue weighted by molar-refractivity contribution is 6.22. The van der Waals surface area contributed by atoms with Crippen LogP contribution < -0.4 is 0 Å². The molecule has 0 amide bonds. The highest BCUT2D eigenvalue weighted by Gasteiger charge is 2.19. The lowest BCUT2D eigenvalue weighted by Crippen LogP contribution is -2.00. The first-order chi connectivity index (χ1) is 26.2. The van der Waals surface area contributed by atoms with Gasteiger partial charge in [0.15, 0.2) is 17.5 Å². The van der Waals surface area contributed by atoms with Crippen molar-refractivity contribution in [2.75, 3.05) is 0 Å². The lowest BCUT2D eigenvalue weighted by atomic mass is 9.96. The highest BCUT2D eigenvalue weighted by Crippen LogP contribution is 2.41. The second-order valence-corrected chi connectivity index (χ2v) is 13.6. The summed E-state index contributed by atoms with van der Waals surface area (Å²) in [6, 6.07) is 61.6. The van der Waals surface area contributed by atoms with E-state index in [0.29, 0.717) is 17.5 Å². The Labute approximate surface area is 304 Å². The molecular weight excluding hydrogens is 647 g/mol. The number of nitrogens with zero attached hydrogens (tertiary/aromatic N) is 3. The molecule has 0 atom stereocenters. The molecule has 0 unspecified atom stereocenters. The quantitative estimate of drug-likeness (QED) is 0.174. The molecule has 4 heteroatoms. The zero-order valence-corrected chi connectivity index (χ0v) is 28.5. The maximum Gasteiger partial charge on any atom is 0.164 e. The molecule has 0 aliphatic rings. The molecule has 0 saturated carbocycles. The largest absolute Gasteiger partial charge is 0.456 e. The van der Waals surface area contributed by atoms with Crippen molar-refractivity contribution in [3.05, 3.63) is 176 Å². The molecule has 4 nitrogen and oxygen atoms in total. The molecule has 2 aromatic heterocycles. The monoisotopic (exact) mass is 675 g/mol. The summed E-state index contributed by atoms with van der Waals surface area (Å²) >= 11 is 0. The lowest BCUT2D eigenvalue weighted by Gasteiger charge is -2.12. The Morgan fingerprint density at radius 2 is 0.887 bits per heavy atom. The van der Waals surface area contributed by atoms with Crippen LogP contribution in [-0.2, 0) is 0 Å². The third kappa shape index (κ3) is 4.80. The third-order valence-corrected chi connectivity index (χ3v) is 10.5. The van der Waals surface area contributed by atoms with Crippen LogP contribution in [0.2, 0.25) is 0 Å². The van der Waals surface area contributed by atoms with Gasteiger partial charge in [-0.05, 0) is 78.5 Å². The molecule has 246 valence electrons. The van der Waals surface area contributed by atoms with Gasteiger partial charge >= 0.3 is 0 Å². The summed E-state index contributed by atoms with van der Waals surface area (Å²) in [5.74, 6) is 1.84. The number of hydrogen-bond donors (Lipinski definition) is 0. The summed E-state index contributed by atoms with van der Waals surface area (Å²) in [4.78, 5) is 15.4. The van der Waals surface area contributed by atoms with E-state index in [1.165, 1.54) is 32.5 Å². The average molecular weight is 676 g/mol. The molecule has 11 rings (SSSR count). The highest BCUT2D eigenvalue weighted by atomic mass is 16.3. The standard InChI is InChI=1S/C49H29N3O/c1-3-11-30(12-4-1)33-22-26-44-43(28-33)46-41-18-10-9-17-38(41)42(29-45(46)53-44)49-51-47(32-14-5-2-6-15-32)50-48(52-49)35-21-23-37-34(27-35)20-25-39-36-16-8-7-13-31(36)19-24-40(37)39/h1-29H. The van der Waals surface area contributed by atoms with Crippen molar-refractivity contribution in [1.29, 1.82) is 0 Å². The zero-order chi connectivity index (χ0) is 34.9. The Hall–Kier alpha value is -7.17. The third-order valence-electron chi connectivity index (χ3n) is 10.5. The number of furan rings is 1. The van der Waals surface area contributed by atoms with E-state index in [1.54, 1.807) is 0 Å². The fraction of sp³-hybridized carbons (Fsp3) is 0. The Kier molecular flexibility index (Phi) is 6.52. The molecule has 9 aromatic carbocycles. The van der Waals surface area contributed by atoms with Crippen molar-refractivity contribution in [1.82, 2.24) is 15.0 Å². The summed E-state index contributed by atoms with van der Waals surface area (Å²) in [6.07, 6.45) is 0. The Bertz CT molecular complexity index is 3220. The van der Waals surface area contributed by atoms with Crippen LogP contribution in [0.3, 0.4) is 0 Å². The van der Waals surface area contributed by atoms with E-state index >= 15 is 0 Å². The van der Waals surface area contributed by atoms with Crippen LogP contribution in [0.15, 0.2) is 180 Å². The fourth-order valence-electron chi connectivity index (χ4n) is 7.95. The predicted octanol–water partition coefficient (Wildman–Crippen LogP) is 13.1. The van der Waals surface area contributed by atoms with Gasteiger partial charge < -0.3 is 4.42 Å². The van der Waals surface area contributed by atoms with Crippen LogP contribution in [0.5, 0.6) is 0 Å². The summed E-state index contributed by atoms with van der Waals surface area (Å²) in [5, 5.41) is 11.6. The van der Waals surface area contributed by atoms with Gasteiger partial charge in [-0.2, -0.15) is 0 Å². The van der Waals surface area contributed by atoms with E-state index in [1.807, 2.05) is 36.4 Å². The van der Waals surface area contributed by atoms with Crippen molar-refractivity contribution in [3.63, 3.8) is 0 Å². The first-order valence-corrected chi connectivity index (χ1v) is 17.9. The van der Waals surface area contributed by atoms with Gasteiger partial charge in [-0.25, -0.2) is 15.0 Å². The molecule has 2 heterocycles. The number of benzene rings is 9. The van der Waals surface area contributed by atoms with Crippen LogP contribution in [-0.4, -0.2) is 15.0 Å². The molecule has 0 fully saturated rings. The van der Waals surface area contributed by atoms with Crippen LogP contribution >= 0.6 is 0 Å². The van der Waals surface area contributed by atoms with Gasteiger partial charge in [0, 0.05) is 27.5 Å². The van der Waals surface area contributed by atoms with E-state index in [0.717, 1.165) is 60.4 Å². The SMILES string of the molecule is c1ccc(-c2ccc3oc4cc(-c5nc(-c6ccccc6)nc(-c6ccc7c(ccc8c9ccccc9ccc78)c6)n5)c5ccccc5c4c3c2)cc1.